The van der Waals surface area contributed by atoms with E-state index in [2.05, 4.69) is 15.7 Å². The lowest BCUT2D eigenvalue weighted by Gasteiger charge is -2.10. The van der Waals surface area contributed by atoms with Crippen LogP contribution in [-0.4, -0.2) is 30.1 Å². The second-order valence-electron chi connectivity index (χ2n) is 3.61. The highest BCUT2D eigenvalue weighted by Gasteiger charge is 2.18. The molecule has 1 aromatic heterocycles. The Labute approximate surface area is 93.2 Å². The van der Waals surface area contributed by atoms with Gasteiger partial charge in [-0.1, -0.05) is 0 Å². The van der Waals surface area contributed by atoms with E-state index in [1.54, 1.807) is 12.1 Å². The SMILES string of the molecule is NNc1ccc(C(=O)NC2CCOC2)cn1. The van der Waals surface area contributed by atoms with Gasteiger partial charge in [0.1, 0.15) is 5.82 Å². The fourth-order valence-electron chi connectivity index (χ4n) is 1.53. The van der Waals surface area contributed by atoms with Crippen LogP contribution in [0.5, 0.6) is 0 Å². The summed E-state index contributed by atoms with van der Waals surface area (Å²) in [4.78, 5) is 15.7. The fourth-order valence-corrected chi connectivity index (χ4v) is 1.53. The molecule has 0 spiro atoms. The zero-order chi connectivity index (χ0) is 11.4. The highest BCUT2D eigenvalue weighted by atomic mass is 16.5. The zero-order valence-corrected chi connectivity index (χ0v) is 8.77. The summed E-state index contributed by atoms with van der Waals surface area (Å²) in [6.07, 6.45) is 2.35. The molecule has 1 aromatic rings. The Morgan fingerprint density at radius 2 is 2.44 bits per heavy atom. The Morgan fingerprint density at radius 1 is 1.56 bits per heavy atom. The van der Waals surface area contributed by atoms with Gasteiger partial charge in [-0.2, -0.15) is 0 Å². The Balaban J connectivity index is 1.97. The minimum absolute atomic E-state index is 0.111. The van der Waals surface area contributed by atoms with Gasteiger partial charge in [0, 0.05) is 12.8 Å². The van der Waals surface area contributed by atoms with Gasteiger partial charge in [-0.3, -0.25) is 4.79 Å². The van der Waals surface area contributed by atoms with Crippen molar-refractivity contribution in [3.8, 4) is 0 Å². The summed E-state index contributed by atoms with van der Waals surface area (Å²) in [6.45, 7) is 1.29. The number of nitrogens with two attached hydrogens (primary N) is 1. The first-order valence-corrected chi connectivity index (χ1v) is 5.11. The van der Waals surface area contributed by atoms with Gasteiger partial charge < -0.3 is 15.5 Å². The first-order chi connectivity index (χ1) is 7.79. The van der Waals surface area contributed by atoms with Crippen LogP contribution >= 0.6 is 0 Å². The van der Waals surface area contributed by atoms with E-state index in [-0.39, 0.29) is 11.9 Å². The highest BCUT2D eigenvalue weighted by Crippen LogP contribution is 2.07. The molecule has 6 nitrogen and oxygen atoms in total. The molecule has 1 atom stereocenters. The number of hydrogen-bond acceptors (Lipinski definition) is 5. The third kappa shape index (κ3) is 2.47. The van der Waals surface area contributed by atoms with Gasteiger partial charge in [0.05, 0.1) is 18.2 Å². The predicted molar refractivity (Wildman–Crippen MR) is 58.7 cm³/mol. The van der Waals surface area contributed by atoms with Crippen molar-refractivity contribution < 1.29 is 9.53 Å². The molecule has 6 heteroatoms. The number of aromatic nitrogens is 1. The summed E-state index contributed by atoms with van der Waals surface area (Å²) >= 11 is 0. The number of pyridine rings is 1. The van der Waals surface area contributed by atoms with Crippen molar-refractivity contribution in [2.75, 3.05) is 18.6 Å². The van der Waals surface area contributed by atoms with Crippen molar-refractivity contribution in [2.45, 2.75) is 12.5 Å². The molecule has 1 aliphatic rings. The van der Waals surface area contributed by atoms with Gasteiger partial charge in [0.15, 0.2) is 0 Å². The molecule has 1 fully saturated rings. The predicted octanol–water partition coefficient (Wildman–Crippen LogP) is -0.114. The maximum atomic E-state index is 11.7. The van der Waals surface area contributed by atoms with Gasteiger partial charge in [0.2, 0.25) is 0 Å². The Kier molecular flexibility index (Phi) is 3.33. The average molecular weight is 222 g/mol. The van der Waals surface area contributed by atoms with E-state index in [1.807, 2.05) is 0 Å². The first-order valence-electron chi connectivity index (χ1n) is 5.11. The number of ether oxygens (including phenoxy) is 1. The van der Waals surface area contributed by atoms with Crippen LogP contribution in [0.1, 0.15) is 16.8 Å². The van der Waals surface area contributed by atoms with Gasteiger partial charge in [-0.05, 0) is 18.6 Å². The van der Waals surface area contributed by atoms with Crippen molar-refractivity contribution >= 4 is 11.7 Å². The highest BCUT2D eigenvalue weighted by molar-refractivity contribution is 5.94. The number of amides is 1. The Morgan fingerprint density at radius 3 is 3.00 bits per heavy atom. The maximum Gasteiger partial charge on any atom is 0.253 e. The van der Waals surface area contributed by atoms with E-state index in [9.17, 15) is 4.79 Å². The maximum absolute atomic E-state index is 11.7. The molecule has 86 valence electrons. The topological polar surface area (TPSA) is 89.3 Å². The average Bonchev–Trinajstić information content (AvgIpc) is 2.82. The summed E-state index contributed by atoms with van der Waals surface area (Å²) in [5.74, 6) is 5.57. The van der Waals surface area contributed by atoms with Crippen LogP contribution in [-0.2, 0) is 4.74 Å². The lowest BCUT2D eigenvalue weighted by atomic mass is 10.2. The number of carbonyl (C=O) groups excluding carboxylic acids is 1. The van der Waals surface area contributed by atoms with E-state index < -0.39 is 0 Å². The molecule has 2 rings (SSSR count). The molecule has 0 aliphatic carbocycles. The van der Waals surface area contributed by atoms with E-state index >= 15 is 0 Å². The van der Waals surface area contributed by atoms with Crippen LogP contribution in [0.3, 0.4) is 0 Å². The summed E-state index contributed by atoms with van der Waals surface area (Å²) < 4.78 is 5.17. The van der Waals surface area contributed by atoms with Crippen molar-refractivity contribution in [1.82, 2.24) is 10.3 Å². The molecule has 1 saturated heterocycles. The molecule has 16 heavy (non-hydrogen) atoms. The summed E-state index contributed by atoms with van der Waals surface area (Å²) in [7, 11) is 0. The fraction of sp³-hybridized carbons (Fsp3) is 0.400. The molecule has 1 aliphatic heterocycles. The minimum atomic E-state index is -0.133. The van der Waals surface area contributed by atoms with Gasteiger partial charge in [-0.15, -0.1) is 0 Å². The number of nitrogen functional groups attached to an aromatic ring is 1. The molecular formula is C10H14N4O2. The molecule has 0 aromatic carbocycles. The Bertz CT molecular complexity index is 360. The van der Waals surface area contributed by atoms with Crippen molar-refractivity contribution in [3.05, 3.63) is 23.9 Å². The van der Waals surface area contributed by atoms with Crippen LogP contribution in [0.25, 0.3) is 0 Å². The number of nitrogens with one attached hydrogen (secondary N) is 2. The van der Waals surface area contributed by atoms with Crippen LogP contribution in [0.2, 0.25) is 0 Å². The van der Waals surface area contributed by atoms with Gasteiger partial charge in [0.25, 0.3) is 5.91 Å². The Hall–Kier alpha value is -1.66. The molecule has 4 N–H and O–H groups in total. The minimum Gasteiger partial charge on any atom is -0.379 e. The number of rotatable bonds is 3. The third-order valence-electron chi connectivity index (χ3n) is 2.44. The molecule has 0 saturated carbocycles. The van der Waals surface area contributed by atoms with Crippen LogP contribution in [0, 0.1) is 0 Å². The van der Waals surface area contributed by atoms with Crippen LogP contribution in [0.4, 0.5) is 5.82 Å². The zero-order valence-electron chi connectivity index (χ0n) is 8.77. The van der Waals surface area contributed by atoms with Crippen molar-refractivity contribution in [2.24, 2.45) is 5.84 Å². The van der Waals surface area contributed by atoms with Crippen LogP contribution < -0.4 is 16.6 Å². The van der Waals surface area contributed by atoms with Crippen molar-refractivity contribution in [3.63, 3.8) is 0 Å². The standard InChI is InChI=1S/C10H14N4O2/c11-14-9-2-1-7(5-12-9)10(15)13-8-3-4-16-6-8/h1-2,5,8H,3-4,6,11H2,(H,12,14)(H,13,15). The molecular weight excluding hydrogens is 208 g/mol. The molecule has 2 heterocycles. The van der Waals surface area contributed by atoms with E-state index in [0.717, 1.165) is 6.42 Å². The molecule has 1 unspecified atom stereocenters. The van der Waals surface area contributed by atoms with Crippen molar-refractivity contribution in [1.29, 1.82) is 0 Å². The molecule has 0 radical (unpaired) electrons. The first kappa shape index (κ1) is 10.8. The van der Waals surface area contributed by atoms with E-state index in [1.165, 1.54) is 6.20 Å². The van der Waals surface area contributed by atoms with Crippen LogP contribution in [0.15, 0.2) is 18.3 Å². The molecule has 1 amide bonds. The van der Waals surface area contributed by atoms with Gasteiger partial charge in [-0.25, -0.2) is 10.8 Å². The quantitative estimate of drug-likeness (QED) is 0.490. The third-order valence-corrected chi connectivity index (χ3v) is 2.44. The lowest BCUT2D eigenvalue weighted by molar-refractivity contribution is 0.0929. The number of nitrogens with zero attached hydrogens (tertiary/aromatic N) is 1. The van der Waals surface area contributed by atoms with Gasteiger partial charge >= 0.3 is 0 Å². The number of hydrazine groups is 1. The monoisotopic (exact) mass is 222 g/mol. The second kappa shape index (κ2) is 4.91. The second-order valence-corrected chi connectivity index (χ2v) is 3.61. The number of hydrogen-bond donors (Lipinski definition) is 3. The van der Waals surface area contributed by atoms with E-state index in [4.69, 9.17) is 10.6 Å². The molecule has 0 bridgehead atoms. The lowest BCUT2D eigenvalue weighted by Crippen LogP contribution is -2.35. The number of carbonyl (C=O) groups is 1. The van der Waals surface area contributed by atoms with E-state index in [0.29, 0.717) is 24.6 Å². The normalized spacial score (nSPS) is 19.4. The summed E-state index contributed by atoms with van der Waals surface area (Å²) in [6, 6.07) is 3.44. The largest absolute Gasteiger partial charge is 0.379 e. The summed E-state index contributed by atoms with van der Waals surface area (Å²) in [5, 5.41) is 2.88. The smallest absolute Gasteiger partial charge is 0.253 e. The number of anilines is 1. The summed E-state index contributed by atoms with van der Waals surface area (Å²) in [5.41, 5.74) is 2.92.